The molecule has 0 saturated heterocycles. The van der Waals surface area contributed by atoms with Gasteiger partial charge in [-0.1, -0.05) is 93.3 Å². The Hall–Kier alpha value is -3.62. The predicted molar refractivity (Wildman–Crippen MR) is 152 cm³/mol. The monoisotopic (exact) mass is 564 g/mol. The van der Waals surface area contributed by atoms with Gasteiger partial charge in [-0.2, -0.15) is 0 Å². The van der Waals surface area contributed by atoms with Crippen molar-refractivity contribution in [2.45, 2.75) is 12.3 Å². The number of primary amides is 2. The molecule has 1 aromatic heterocycles. The molecule has 13 heteroatoms. The molecule has 4 rings (SSSR count). The maximum atomic E-state index is 12.1. The highest BCUT2D eigenvalue weighted by Gasteiger charge is 2.23. The number of thiol groups is 2. The van der Waals surface area contributed by atoms with Crippen LogP contribution in [0.5, 0.6) is 0 Å². The van der Waals surface area contributed by atoms with Crippen LogP contribution in [0.3, 0.4) is 0 Å². The Kier molecular flexibility index (Phi) is 14.0. The fourth-order valence-corrected chi connectivity index (χ4v) is 3.64. The predicted octanol–water partition coefficient (Wildman–Crippen LogP) is 4.12. The van der Waals surface area contributed by atoms with E-state index in [1.807, 2.05) is 60.7 Å². The van der Waals surface area contributed by atoms with E-state index >= 15 is 0 Å². The van der Waals surface area contributed by atoms with Crippen molar-refractivity contribution >= 4 is 45.8 Å². The molecule has 2 amide bonds. The minimum absolute atomic E-state index is 0. The molecule has 4 aromatic rings. The number of nitrogens with two attached hydrogens (primary N) is 3. The van der Waals surface area contributed by atoms with Crippen molar-refractivity contribution in [3.8, 4) is 34.0 Å². The molecule has 37 heavy (non-hydrogen) atoms. The summed E-state index contributed by atoms with van der Waals surface area (Å²) in [6.45, 7) is 0. The zero-order chi connectivity index (χ0) is 26.0. The summed E-state index contributed by atoms with van der Waals surface area (Å²) in [5.74, 6) is 0.776. The van der Waals surface area contributed by atoms with Crippen LogP contribution in [0.2, 0.25) is 0 Å². The number of oxazole rings is 1. The van der Waals surface area contributed by atoms with E-state index in [1.54, 1.807) is 18.2 Å². The van der Waals surface area contributed by atoms with Gasteiger partial charge in [0.25, 0.3) is 10.5 Å². The zero-order valence-electron chi connectivity index (χ0n) is 18.6. The molecule has 10 nitrogen and oxygen atoms in total. The van der Waals surface area contributed by atoms with E-state index in [-0.39, 0.29) is 17.8 Å². The Balaban J connectivity index is 0.00000115. The molecule has 0 aliphatic heterocycles. The number of carbonyl (C=O) groups is 2. The summed E-state index contributed by atoms with van der Waals surface area (Å²) in [6.07, 6.45) is 0. The molecule has 0 spiro atoms. The lowest BCUT2D eigenvalue weighted by atomic mass is 10.1. The van der Waals surface area contributed by atoms with Gasteiger partial charge < -0.3 is 21.4 Å². The first-order chi connectivity index (χ1) is 16.5. The van der Waals surface area contributed by atoms with Crippen molar-refractivity contribution in [2.24, 2.45) is 16.6 Å². The average molecular weight is 565 g/mol. The van der Waals surface area contributed by atoms with E-state index in [2.05, 4.69) is 41.7 Å². The van der Waals surface area contributed by atoms with Gasteiger partial charge in [-0.15, -0.1) is 0 Å². The molecule has 3 aromatic carbocycles. The number of nitrogens with zero attached hydrogens (tertiary/aromatic N) is 1. The van der Waals surface area contributed by atoms with Gasteiger partial charge in [-0.25, -0.2) is 18.5 Å². The Bertz CT molecular complexity index is 1380. The van der Waals surface area contributed by atoms with Gasteiger partial charge in [-0.3, -0.25) is 9.59 Å². The van der Waals surface area contributed by atoms with Gasteiger partial charge in [-0.05, 0) is 24.3 Å². The summed E-state index contributed by atoms with van der Waals surface area (Å²) in [7, 11) is -3.92. The molecule has 0 radical (unpaired) electrons. The van der Waals surface area contributed by atoms with Gasteiger partial charge in [0.2, 0.25) is 15.9 Å². The first-order valence-electron chi connectivity index (χ1n) is 9.71. The van der Waals surface area contributed by atoms with Crippen LogP contribution in [-0.4, -0.2) is 29.4 Å². The number of primary sulfonamides is 1. The third-order valence-electron chi connectivity index (χ3n) is 4.13. The molecule has 0 fully saturated rings. The molecule has 0 atom stereocenters. The quantitative estimate of drug-likeness (QED) is 0.230. The summed E-state index contributed by atoms with van der Waals surface area (Å²) >= 11 is 6.21. The van der Waals surface area contributed by atoms with Crippen molar-refractivity contribution in [1.29, 1.82) is 0 Å². The Morgan fingerprint density at radius 2 is 1.16 bits per heavy atom. The number of rotatable bonds is 4. The van der Waals surface area contributed by atoms with Crippen molar-refractivity contribution in [3.05, 3.63) is 84.9 Å². The summed E-state index contributed by atoms with van der Waals surface area (Å²) in [6, 6.07) is 25.4. The highest BCUT2D eigenvalue weighted by Crippen LogP contribution is 2.38. The molecule has 198 valence electrons. The number of aromatic nitrogens is 1. The van der Waals surface area contributed by atoms with Crippen molar-refractivity contribution in [2.75, 3.05) is 0 Å². The smallest absolute Gasteiger partial charge is 0.273 e. The molecule has 0 aliphatic carbocycles. The average Bonchev–Trinajstić information content (AvgIpc) is 3.24. The lowest BCUT2D eigenvalue weighted by Gasteiger charge is -2.06. The summed E-state index contributed by atoms with van der Waals surface area (Å²) in [5, 5.41) is 4.13. The number of hydrogen-bond donors (Lipinski definition) is 5. The standard InChI is InChI=1S/C21H16N2O3S.2CH3NOS.CH4.H2O/c22-27(24,25)18-14-8-7-13-17(18)20-19(15-9-3-1-4-10-15)23-21(26-20)16-11-5-2-6-12-16;2*2-1(3)4;;/h1-14H,(H2,22,24,25);2*(H3,2,3,4);1H4;1H2. The second kappa shape index (κ2) is 15.5. The van der Waals surface area contributed by atoms with E-state index in [0.29, 0.717) is 22.9 Å². The number of amides is 2. The molecule has 8 N–H and O–H groups in total. The summed E-state index contributed by atoms with van der Waals surface area (Å²) in [4.78, 5) is 22.8. The van der Waals surface area contributed by atoms with Crippen LogP contribution >= 0.6 is 25.3 Å². The van der Waals surface area contributed by atoms with E-state index in [0.717, 1.165) is 11.1 Å². The normalized spacial score (nSPS) is 9.70. The van der Waals surface area contributed by atoms with Crippen LogP contribution in [0.25, 0.3) is 34.0 Å². The molecule has 1 heterocycles. The van der Waals surface area contributed by atoms with Gasteiger partial charge in [0.15, 0.2) is 5.76 Å². The SMILES string of the molecule is C.NC(=O)S.NC(=O)S.NS(=O)(=O)c1ccccc1-c1oc(-c2ccccc2)nc1-c1ccccc1.O. The minimum atomic E-state index is -3.92. The fourth-order valence-electron chi connectivity index (χ4n) is 2.90. The third kappa shape index (κ3) is 10.5. The second-order valence-electron chi connectivity index (χ2n) is 6.65. The van der Waals surface area contributed by atoms with Crippen LogP contribution < -0.4 is 16.6 Å². The lowest BCUT2D eigenvalue weighted by Crippen LogP contribution is -2.13. The number of hydrogen-bond acceptors (Lipinski definition) is 6. The Labute approximate surface area is 226 Å². The maximum Gasteiger partial charge on any atom is 0.273 e. The van der Waals surface area contributed by atoms with Crippen LogP contribution in [-0.2, 0) is 10.0 Å². The summed E-state index contributed by atoms with van der Waals surface area (Å²) < 4.78 is 30.2. The number of sulfonamides is 1. The van der Waals surface area contributed by atoms with Gasteiger partial charge >= 0.3 is 0 Å². The first-order valence-corrected chi connectivity index (χ1v) is 12.2. The largest absolute Gasteiger partial charge is 0.435 e. The Morgan fingerprint density at radius 1 is 0.757 bits per heavy atom. The highest BCUT2D eigenvalue weighted by atomic mass is 32.2. The maximum absolute atomic E-state index is 12.1. The van der Waals surface area contributed by atoms with E-state index in [1.165, 1.54) is 6.07 Å². The van der Waals surface area contributed by atoms with Crippen LogP contribution in [0.15, 0.2) is 94.2 Å². The first kappa shape index (κ1) is 33.4. The van der Waals surface area contributed by atoms with Crippen molar-refractivity contribution in [1.82, 2.24) is 4.98 Å². The Morgan fingerprint density at radius 3 is 1.62 bits per heavy atom. The molecule has 0 bridgehead atoms. The molecule has 0 aliphatic rings. The van der Waals surface area contributed by atoms with Crippen LogP contribution in [0, 0.1) is 0 Å². The minimum Gasteiger partial charge on any atom is -0.435 e. The van der Waals surface area contributed by atoms with Gasteiger partial charge in [0, 0.05) is 16.7 Å². The second-order valence-corrected chi connectivity index (χ2v) is 9.06. The molecule has 0 unspecified atom stereocenters. The fraction of sp³-hybridized carbons (Fsp3) is 0.0417. The number of carbonyl (C=O) groups excluding carboxylic acids is 2. The molecule has 0 saturated carbocycles. The van der Waals surface area contributed by atoms with E-state index < -0.39 is 20.5 Å². The van der Waals surface area contributed by atoms with Crippen molar-refractivity contribution in [3.63, 3.8) is 0 Å². The van der Waals surface area contributed by atoms with Crippen LogP contribution in [0.4, 0.5) is 9.59 Å². The van der Waals surface area contributed by atoms with Crippen LogP contribution in [0.1, 0.15) is 7.43 Å². The highest BCUT2D eigenvalue weighted by molar-refractivity contribution is 7.96. The topological polar surface area (TPSA) is 204 Å². The van der Waals surface area contributed by atoms with Gasteiger partial charge in [0.1, 0.15) is 5.69 Å². The van der Waals surface area contributed by atoms with Gasteiger partial charge in [0.05, 0.1) is 4.90 Å². The number of benzene rings is 3. The molecular weight excluding hydrogens is 536 g/mol. The molecular formula is C24H28N4O6S3. The summed E-state index contributed by atoms with van der Waals surface area (Å²) in [5.41, 5.74) is 11.2. The van der Waals surface area contributed by atoms with E-state index in [4.69, 9.17) is 19.1 Å². The zero-order valence-corrected chi connectivity index (χ0v) is 21.2. The van der Waals surface area contributed by atoms with E-state index in [9.17, 15) is 8.42 Å². The lowest BCUT2D eigenvalue weighted by molar-refractivity contribution is 0.266. The van der Waals surface area contributed by atoms with Crippen molar-refractivity contribution < 1.29 is 27.9 Å². The third-order valence-corrected chi connectivity index (χ3v) is 5.10.